The van der Waals surface area contributed by atoms with Crippen LogP contribution in [0.25, 0.3) is 0 Å². The number of sulfonamides is 1. The van der Waals surface area contributed by atoms with Crippen LogP contribution in [0, 0.1) is 0 Å². The van der Waals surface area contributed by atoms with E-state index in [1.54, 1.807) is 36.1 Å². The predicted molar refractivity (Wildman–Crippen MR) is 144 cm³/mol. The summed E-state index contributed by atoms with van der Waals surface area (Å²) < 4.78 is 26.1. The third-order valence-electron chi connectivity index (χ3n) is 6.80. The van der Waals surface area contributed by atoms with Gasteiger partial charge in [-0.3, -0.25) is 13.9 Å². The van der Waals surface area contributed by atoms with Gasteiger partial charge in [-0.2, -0.15) is 0 Å². The number of anilines is 1. The van der Waals surface area contributed by atoms with Crippen LogP contribution in [0.1, 0.15) is 57.4 Å². The lowest BCUT2D eigenvalue weighted by Gasteiger charge is -2.31. The van der Waals surface area contributed by atoms with E-state index >= 15 is 0 Å². The zero-order valence-electron chi connectivity index (χ0n) is 21.4. The third kappa shape index (κ3) is 8.36. The molecule has 1 fully saturated rings. The first-order valence-corrected chi connectivity index (χ1v) is 14.8. The molecule has 0 radical (unpaired) electrons. The smallest absolute Gasteiger partial charge is 0.242 e. The van der Waals surface area contributed by atoms with Crippen molar-refractivity contribution in [2.75, 3.05) is 23.7 Å². The lowest BCUT2D eigenvalue weighted by atomic mass is 9.95. The Labute approximate surface area is 215 Å². The lowest BCUT2D eigenvalue weighted by molar-refractivity contribution is -0.140. The first-order valence-electron chi connectivity index (χ1n) is 12.9. The van der Waals surface area contributed by atoms with Gasteiger partial charge in [0.1, 0.15) is 6.04 Å². The maximum absolute atomic E-state index is 13.3. The minimum Gasteiger partial charge on any atom is -0.352 e. The minimum atomic E-state index is -3.48. The molecule has 1 N–H and O–H groups in total. The van der Waals surface area contributed by atoms with Crippen molar-refractivity contribution in [3.05, 3.63) is 66.2 Å². The van der Waals surface area contributed by atoms with E-state index in [1.807, 2.05) is 36.4 Å². The molecule has 0 bridgehead atoms. The van der Waals surface area contributed by atoms with Gasteiger partial charge >= 0.3 is 0 Å². The molecule has 1 aliphatic rings. The summed E-state index contributed by atoms with van der Waals surface area (Å²) in [6.45, 7) is 2.41. The number of carbonyl (C=O) groups is 2. The molecule has 7 nitrogen and oxygen atoms in total. The van der Waals surface area contributed by atoms with Gasteiger partial charge in [-0.1, -0.05) is 67.8 Å². The summed E-state index contributed by atoms with van der Waals surface area (Å²) in [6.07, 6.45) is 7.75. The summed E-state index contributed by atoms with van der Waals surface area (Å²) in [4.78, 5) is 28.1. The van der Waals surface area contributed by atoms with E-state index in [9.17, 15) is 18.0 Å². The molecule has 0 spiro atoms. The average Bonchev–Trinajstić information content (AvgIpc) is 2.87. The second-order valence-corrected chi connectivity index (χ2v) is 11.5. The molecule has 2 aromatic rings. The maximum Gasteiger partial charge on any atom is 0.242 e. The van der Waals surface area contributed by atoms with Crippen molar-refractivity contribution >= 4 is 27.5 Å². The van der Waals surface area contributed by atoms with E-state index in [0.29, 0.717) is 25.1 Å². The Balaban J connectivity index is 1.65. The molecular formula is C28H39N3O4S. The number of carbonyl (C=O) groups excluding carboxylic acids is 2. The van der Waals surface area contributed by atoms with Gasteiger partial charge < -0.3 is 10.2 Å². The van der Waals surface area contributed by atoms with Gasteiger partial charge in [0.15, 0.2) is 0 Å². The van der Waals surface area contributed by atoms with Gasteiger partial charge in [-0.25, -0.2) is 8.42 Å². The Morgan fingerprint density at radius 3 is 2.17 bits per heavy atom. The van der Waals surface area contributed by atoms with E-state index in [-0.39, 0.29) is 30.8 Å². The van der Waals surface area contributed by atoms with Gasteiger partial charge in [0.25, 0.3) is 0 Å². The van der Waals surface area contributed by atoms with Gasteiger partial charge in [0, 0.05) is 25.6 Å². The van der Waals surface area contributed by atoms with Crippen molar-refractivity contribution in [2.45, 2.75) is 70.4 Å². The van der Waals surface area contributed by atoms with E-state index < -0.39 is 16.1 Å². The van der Waals surface area contributed by atoms with Crippen LogP contribution < -0.4 is 9.62 Å². The SMILES string of the molecule is CC(C(=O)NC1CCCCC1)N(CCc1ccccc1)C(=O)CCCN(c1ccccc1)S(C)(=O)=O. The molecule has 1 saturated carbocycles. The highest BCUT2D eigenvalue weighted by Gasteiger charge is 2.28. The highest BCUT2D eigenvalue weighted by molar-refractivity contribution is 7.92. The Bertz CT molecular complexity index is 1070. The quantitative estimate of drug-likeness (QED) is 0.462. The third-order valence-corrected chi connectivity index (χ3v) is 7.99. The molecule has 196 valence electrons. The van der Waals surface area contributed by atoms with Crippen LogP contribution in [-0.4, -0.2) is 56.6 Å². The van der Waals surface area contributed by atoms with E-state index in [2.05, 4.69) is 5.32 Å². The van der Waals surface area contributed by atoms with E-state index in [1.165, 1.54) is 17.0 Å². The standard InChI is InChI=1S/C28H39N3O4S/c1-23(28(33)29-25-15-8-4-9-16-25)30(22-20-24-13-6-3-7-14-24)27(32)19-12-21-31(36(2,34)35)26-17-10-5-11-18-26/h3,5-7,10-11,13-14,17-18,23,25H,4,8-9,12,15-16,19-22H2,1-2H3,(H,29,33). The molecule has 2 amide bonds. The highest BCUT2D eigenvalue weighted by Crippen LogP contribution is 2.19. The molecule has 0 aliphatic heterocycles. The Hall–Kier alpha value is -2.87. The van der Waals surface area contributed by atoms with Crippen molar-refractivity contribution in [1.29, 1.82) is 0 Å². The molecule has 0 saturated heterocycles. The fourth-order valence-corrected chi connectivity index (χ4v) is 5.70. The fourth-order valence-electron chi connectivity index (χ4n) is 4.74. The van der Waals surface area contributed by atoms with E-state index in [4.69, 9.17) is 0 Å². The van der Waals surface area contributed by atoms with Gasteiger partial charge in [-0.05, 0) is 50.3 Å². The monoisotopic (exact) mass is 513 g/mol. The number of para-hydroxylation sites is 1. The van der Waals surface area contributed by atoms with Crippen molar-refractivity contribution < 1.29 is 18.0 Å². The molecule has 3 rings (SSSR count). The Morgan fingerprint density at radius 2 is 1.56 bits per heavy atom. The van der Waals surface area contributed by atoms with Crippen LogP contribution in [0.4, 0.5) is 5.69 Å². The van der Waals surface area contributed by atoms with Crippen molar-refractivity contribution in [3.63, 3.8) is 0 Å². The zero-order valence-corrected chi connectivity index (χ0v) is 22.3. The Morgan fingerprint density at radius 1 is 0.944 bits per heavy atom. The van der Waals surface area contributed by atoms with Crippen LogP contribution in [0.3, 0.4) is 0 Å². The van der Waals surface area contributed by atoms with Crippen molar-refractivity contribution in [2.24, 2.45) is 0 Å². The predicted octanol–water partition coefficient (Wildman–Crippen LogP) is 4.14. The van der Waals surface area contributed by atoms with E-state index in [0.717, 1.165) is 31.2 Å². The maximum atomic E-state index is 13.3. The van der Waals surface area contributed by atoms with Gasteiger partial charge in [0.2, 0.25) is 21.8 Å². The molecule has 1 atom stereocenters. The second kappa shape index (κ2) is 13.4. The van der Waals surface area contributed by atoms with Crippen molar-refractivity contribution in [1.82, 2.24) is 10.2 Å². The summed E-state index contributed by atoms with van der Waals surface area (Å²) in [5.74, 6) is -0.260. The zero-order chi connectivity index (χ0) is 26.0. The molecular weight excluding hydrogens is 474 g/mol. The minimum absolute atomic E-state index is 0.120. The van der Waals surface area contributed by atoms with Crippen LogP contribution in [0.2, 0.25) is 0 Å². The normalized spacial score (nSPS) is 15.2. The molecule has 8 heteroatoms. The molecule has 36 heavy (non-hydrogen) atoms. The summed E-state index contributed by atoms with van der Waals surface area (Å²) in [5.41, 5.74) is 1.68. The number of benzene rings is 2. The van der Waals surface area contributed by atoms with Crippen LogP contribution >= 0.6 is 0 Å². The van der Waals surface area contributed by atoms with Gasteiger partial charge in [-0.15, -0.1) is 0 Å². The topological polar surface area (TPSA) is 86.8 Å². The van der Waals surface area contributed by atoms with Gasteiger partial charge in [0.05, 0.1) is 11.9 Å². The molecule has 0 aromatic heterocycles. The summed E-state index contributed by atoms with van der Waals surface area (Å²) in [7, 11) is -3.48. The number of hydrogen-bond donors (Lipinski definition) is 1. The number of amides is 2. The summed E-state index contributed by atoms with van der Waals surface area (Å²) in [6, 6.07) is 18.4. The second-order valence-electron chi connectivity index (χ2n) is 9.62. The number of hydrogen-bond acceptors (Lipinski definition) is 4. The summed E-state index contributed by atoms with van der Waals surface area (Å²) in [5, 5.41) is 3.15. The molecule has 1 aliphatic carbocycles. The van der Waals surface area contributed by atoms with Crippen molar-refractivity contribution in [3.8, 4) is 0 Å². The van der Waals surface area contributed by atoms with Crippen LogP contribution in [0.15, 0.2) is 60.7 Å². The first-order chi connectivity index (χ1) is 17.3. The van der Waals surface area contributed by atoms with Crippen LogP contribution in [-0.2, 0) is 26.0 Å². The first kappa shape index (κ1) is 27.7. The molecule has 1 unspecified atom stereocenters. The lowest BCUT2D eigenvalue weighted by Crippen LogP contribution is -2.51. The molecule has 0 heterocycles. The largest absolute Gasteiger partial charge is 0.352 e. The Kier molecular flexibility index (Phi) is 10.3. The highest BCUT2D eigenvalue weighted by atomic mass is 32.2. The molecule has 2 aromatic carbocycles. The summed E-state index contributed by atoms with van der Waals surface area (Å²) >= 11 is 0. The number of nitrogens with zero attached hydrogens (tertiary/aromatic N) is 2. The number of nitrogens with one attached hydrogen (secondary N) is 1. The van der Waals surface area contributed by atoms with Crippen LogP contribution in [0.5, 0.6) is 0 Å². The average molecular weight is 514 g/mol. The number of rotatable bonds is 12. The fraction of sp³-hybridized carbons (Fsp3) is 0.500.